The molecule has 0 spiro atoms. The Kier molecular flexibility index (Phi) is 5.45. The Morgan fingerprint density at radius 1 is 1.43 bits per heavy atom. The Balaban J connectivity index is 3.70. The smallest absolute Gasteiger partial charge is 0.325 e. The summed E-state index contributed by atoms with van der Waals surface area (Å²) >= 11 is 4.77. The first-order valence-electron chi connectivity index (χ1n) is 4.47. The van der Waals surface area contributed by atoms with Gasteiger partial charge in [0.2, 0.25) is 0 Å². The van der Waals surface area contributed by atoms with Gasteiger partial charge in [0.25, 0.3) is 5.17 Å². The molecule has 0 atom stereocenters. The summed E-state index contributed by atoms with van der Waals surface area (Å²) in [5.41, 5.74) is -0.466. The van der Waals surface area contributed by atoms with E-state index < -0.39 is 5.60 Å². The Hall–Kier alpha value is -0.840. The number of carbonyl (C=O) groups is 1. The molecule has 0 aliphatic rings. The zero-order chi connectivity index (χ0) is 11.2. The summed E-state index contributed by atoms with van der Waals surface area (Å²) in [4.78, 5) is 11.2. The predicted molar refractivity (Wildman–Crippen MR) is 58.1 cm³/mol. The molecule has 0 fully saturated rings. The monoisotopic (exact) mass is 219 g/mol. The van der Waals surface area contributed by atoms with E-state index in [0.717, 1.165) is 0 Å². The Morgan fingerprint density at radius 2 is 2.00 bits per heavy atom. The van der Waals surface area contributed by atoms with Crippen LogP contribution in [0.1, 0.15) is 27.7 Å². The zero-order valence-corrected chi connectivity index (χ0v) is 9.86. The highest BCUT2D eigenvalue weighted by Gasteiger charge is 2.15. The first-order valence-corrected chi connectivity index (χ1v) is 4.88. The van der Waals surface area contributed by atoms with Crippen molar-refractivity contribution < 1.29 is 14.3 Å². The van der Waals surface area contributed by atoms with Crippen LogP contribution in [0.2, 0.25) is 0 Å². The van der Waals surface area contributed by atoms with Crippen molar-refractivity contribution in [1.82, 2.24) is 5.32 Å². The van der Waals surface area contributed by atoms with Gasteiger partial charge in [0.05, 0.1) is 6.61 Å². The summed E-state index contributed by atoms with van der Waals surface area (Å²) in [6.07, 6.45) is 0. The van der Waals surface area contributed by atoms with E-state index in [-0.39, 0.29) is 17.7 Å². The highest BCUT2D eigenvalue weighted by atomic mass is 32.1. The van der Waals surface area contributed by atoms with Crippen LogP contribution < -0.4 is 5.32 Å². The fourth-order valence-electron chi connectivity index (χ4n) is 0.704. The van der Waals surface area contributed by atoms with Crippen molar-refractivity contribution >= 4 is 23.4 Å². The number of thiocarbonyl (C=S) groups is 1. The maximum absolute atomic E-state index is 11.2. The summed E-state index contributed by atoms with van der Waals surface area (Å²) < 4.78 is 9.98. The average molecular weight is 219 g/mol. The normalized spacial score (nSPS) is 10.6. The molecular weight excluding hydrogens is 202 g/mol. The molecule has 82 valence electrons. The van der Waals surface area contributed by atoms with Gasteiger partial charge >= 0.3 is 5.97 Å². The summed E-state index contributed by atoms with van der Waals surface area (Å²) in [6.45, 7) is 7.78. The third kappa shape index (κ3) is 7.79. The first kappa shape index (κ1) is 13.2. The lowest BCUT2D eigenvalue weighted by molar-refractivity contribution is -0.153. The lowest BCUT2D eigenvalue weighted by atomic mass is 10.2. The van der Waals surface area contributed by atoms with Crippen molar-refractivity contribution in [2.45, 2.75) is 33.3 Å². The number of esters is 1. The third-order valence-electron chi connectivity index (χ3n) is 1.07. The molecule has 0 aromatic heterocycles. The van der Waals surface area contributed by atoms with Gasteiger partial charge in [0.15, 0.2) is 0 Å². The van der Waals surface area contributed by atoms with E-state index in [4.69, 9.17) is 21.7 Å². The summed E-state index contributed by atoms with van der Waals surface area (Å²) in [5.74, 6) is -0.348. The van der Waals surface area contributed by atoms with E-state index in [9.17, 15) is 4.79 Å². The molecule has 0 bridgehead atoms. The Labute approximate surface area is 90.0 Å². The second kappa shape index (κ2) is 5.80. The van der Waals surface area contributed by atoms with Crippen molar-refractivity contribution in [2.24, 2.45) is 0 Å². The van der Waals surface area contributed by atoms with Crippen LogP contribution >= 0.6 is 12.2 Å². The van der Waals surface area contributed by atoms with Crippen LogP contribution in [0.25, 0.3) is 0 Å². The van der Waals surface area contributed by atoms with Crippen molar-refractivity contribution in [3.63, 3.8) is 0 Å². The number of carbonyl (C=O) groups excluding carboxylic acids is 1. The van der Waals surface area contributed by atoms with Crippen molar-refractivity contribution in [3.05, 3.63) is 0 Å². The van der Waals surface area contributed by atoms with Gasteiger partial charge in [-0.2, -0.15) is 0 Å². The molecule has 0 unspecified atom stereocenters. The largest absolute Gasteiger partial charge is 0.471 e. The van der Waals surface area contributed by atoms with Gasteiger partial charge in [-0.15, -0.1) is 0 Å². The number of ether oxygens (including phenoxy) is 2. The minimum atomic E-state index is -0.466. The van der Waals surface area contributed by atoms with Gasteiger partial charge in [-0.1, -0.05) is 0 Å². The zero-order valence-electron chi connectivity index (χ0n) is 9.05. The predicted octanol–water partition coefficient (Wildman–Crippen LogP) is 1.24. The fourth-order valence-corrected chi connectivity index (χ4v) is 0.894. The molecule has 0 saturated heterocycles. The van der Waals surface area contributed by atoms with E-state index in [0.29, 0.717) is 6.61 Å². The van der Waals surface area contributed by atoms with Crippen molar-refractivity contribution in [2.75, 3.05) is 13.2 Å². The molecule has 0 saturated carbocycles. The molecule has 0 aromatic rings. The van der Waals surface area contributed by atoms with Crippen molar-refractivity contribution in [3.8, 4) is 0 Å². The summed E-state index contributed by atoms with van der Waals surface area (Å²) in [5, 5.41) is 2.86. The fraction of sp³-hybridized carbons (Fsp3) is 0.778. The molecule has 0 aliphatic carbocycles. The second-order valence-electron chi connectivity index (χ2n) is 3.66. The topological polar surface area (TPSA) is 47.6 Å². The van der Waals surface area contributed by atoms with Gasteiger partial charge in [0, 0.05) is 0 Å². The van der Waals surface area contributed by atoms with E-state index in [1.165, 1.54) is 0 Å². The van der Waals surface area contributed by atoms with Gasteiger partial charge in [0.1, 0.15) is 12.1 Å². The number of nitrogens with one attached hydrogen (secondary N) is 1. The maximum Gasteiger partial charge on any atom is 0.325 e. The van der Waals surface area contributed by atoms with Crippen LogP contribution in [0, 0.1) is 0 Å². The molecule has 14 heavy (non-hydrogen) atoms. The lowest BCUT2D eigenvalue weighted by Crippen LogP contribution is -2.34. The van der Waals surface area contributed by atoms with E-state index in [2.05, 4.69) is 5.32 Å². The molecule has 0 rings (SSSR count). The lowest BCUT2D eigenvalue weighted by Gasteiger charge is -2.19. The summed E-state index contributed by atoms with van der Waals surface area (Å²) in [7, 11) is 0. The quantitative estimate of drug-likeness (QED) is 0.571. The van der Waals surface area contributed by atoms with Crippen LogP contribution in [0.15, 0.2) is 0 Å². The van der Waals surface area contributed by atoms with E-state index >= 15 is 0 Å². The molecule has 0 aromatic carbocycles. The molecule has 1 N–H and O–H groups in total. The van der Waals surface area contributed by atoms with Gasteiger partial charge in [-0.25, -0.2) is 0 Å². The van der Waals surface area contributed by atoms with E-state index in [1.807, 2.05) is 27.7 Å². The van der Waals surface area contributed by atoms with Crippen LogP contribution in [-0.4, -0.2) is 29.9 Å². The standard InChI is InChI=1S/C9H17NO3S/c1-5-12-8(14)10-6-7(11)13-9(2,3)4/h5-6H2,1-4H3,(H,10,14). The van der Waals surface area contributed by atoms with Gasteiger partial charge < -0.3 is 14.8 Å². The average Bonchev–Trinajstić information content (AvgIpc) is 1.98. The number of hydrogen-bond donors (Lipinski definition) is 1. The minimum Gasteiger partial charge on any atom is -0.471 e. The molecule has 0 radical (unpaired) electrons. The van der Waals surface area contributed by atoms with Crippen LogP contribution in [0.4, 0.5) is 0 Å². The van der Waals surface area contributed by atoms with Crippen molar-refractivity contribution in [1.29, 1.82) is 0 Å². The maximum atomic E-state index is 11.2. The molecular formula is C9H17NO3S. The second-order valence-corrected chi connectivity index (χ2v) is 4.03. The molecule has 4 nitrogen and oxygen atoms in total. The van der Waals surface area contributed by atoms with Crippen LogP contribution in [0.3, 0.4) is 0 Å². The summed E-state index contributed by atoms with van der Waals surface area (Å²) in [6, 6.07) is 0. The molecule has 0 aliphatic heterocycles. The molecule has 0 heterocycles. The first-order chi connectivity index (χ1) is 6.35. The van der Waals surface area contributed by atoms with E-state index in [1.54, 1.807) is 0 Å². The highest BCUT2D eigenvalue weighted by molar-refractivity contribution is 7.80. The van der Waals surface area contributed by atoms with Crippen LogP contribution in [-0.2, 0) is 14.3 Å². The van der Waals surface area contributed by atoms with Gasteiger partial charge in [-0.3, -0.25) is 4.79 Å². The van der Waals surface area contributed by atoms with Crippen LogP contribution in [0.5, 0.6) is 0 Å². The Morgan fingerprint density at radius 3 is 2.43 bits per heavy atom. The number of hydrogen-bond acceptors (Lipinski definition) is 4. The molecule has 0 amide bonds. The SMILES string of the molecule is CCOC(=S)NCC(=O)OC(C)(C)C. The highest BCUT2D eigenvalue weighted by Crippen LogP contribution is 2.06. The Bertz CT molecular complexity index is 211. The number of rotatable bonds is 3. The van der Waals surface area contributed by atoms with Gasteiger partial charge in [-0.05, 0) is 39.9 Å². The third-order valence-corrected chi connectivity index (χ3v) is 1.33. The molecule has 5 heteroatoms. The minimum absolute atomic E-state index is 0.0378.